The fraction of sp³-hybridized carbons (Fsp3) is 0.793. The third-order valence-corrected chi connectivity index (χ3v) is 26.8. The van der Waals surface area contributed by atoms with E-state index in [-0.39, 0.29) is 66.7 Å². The number of hydrogen-bond acceptors (Lipinski definition) is 13. The highest BCUT2D eigenvalue weighted by Gasteiger charge is 2.84. The first-order chi connectivity index (χ1) is 34.3. The number of allylic oxidation sites excluding steroid dienone is 2. The number of phenolic OH excluding ortho intramolecular Hbond substituents is 1. The smallest absolute Gasteiger partial charge is 0.234 e. The zero-order valence-corrected chi connectivity index (χ0v) is 44.6. The molecular formula is C58H81NO11S2. The van der Waals surface area contributed by atoms with E-state index in [1.807, 2.05) is 17.9 Å². The summed E-state index contributed by atoms with van der Waals surface area (Å²) >= 11 is 0. The Morgan fingerprint density at radius 1 is 0.903 bits per heavy atom. The Kier molecular flexibility index (Phi) is 12.0. The van der Waals surface area contributed by atoms with Gasteiger partial charge in [-0.05, 0) is 154 Å². The second-order valence-corrected chi connectivity index (χ2v) is 28.7. The summed E-state index contributed by atoms with van der Waals surface area (Å²) < 4.78 is 6.57. The number of hydrogen-bond donors (Lipinski definition) is 8. The molecule has 8 fully saturated rings. The van der Waals surface area contributed by atoms with Gasteiger partial charge < -0.3 is 50.5 Å². The third kappa shape index (κ3) is 6.03. The Bertz CT molecular complexity index is 2440. The van der Waals surface area contributed by atoms with Crippen LogP contribution in [0.5, 0.6) is 5.75 Å². The average Bonchev–Trinajstić information content (AvgIpc) is 3.58. The predicted molar refractivity (Wildman–Crippen MR) is 276 cm³/mol. The number of benzene rings is 1. The van der Waals surface area contributed by atoms with Crippen LogP contribution in [-0.4, -0.2) is 119 Å². The number of amides is 1. The van der Waals surface area contributed by atoms with Crippen LogP contribution < -0.4 is 4.90 Å². The van der Waals surface area contributed by atoms with Gasteiger partial charge in [0.2, 0.25) is 5.91 Å². The maximum absolute atomic E-state index is 16.2. The van der Waals surface area contributed by atoms with Gasteiger partial charge in [-0.2, -0.15) is 0 Å². The molecule has 14 rings (SSSR count). The molecule has 0 radical (unpaired) electrons. The molecule has 8 aliphatic carbocycles. The van der Waals surface area contributed by atoms with E-state index in [9.17, 15) is 40.9 Å². The molecule has 5 aliphatic heterocycles. The SMILES string of the molecule is CC(C)[C@@H](C)[C@@H]1O[C@H]1[C@@]1(O)CC=C[C@@H]2C[C@H]3C4=CC(=O)[C@@]5(C[C@@H](O)[C@](O)(CO)C6(CCCC6)[C@]35C)[C@H](O)SSC[C@@H]3CCC[C@@H](CO)[C@]35C(=O)N(CC53CCCC3)c3cc(O)cc(c3)CC[C@]23[C@@H]1CC[C@@]43O. The van der Waals surface area contributed by atoms with Gasteiger partial charge in [-0.3, -0.25) is 9.59 Å². The first-order valence-corrected chi connectivity index (χ1v) is 30.4. The molecule has 0 unspecified atom stereocenters. The monoisotopic (exact) mass is 1030 g/mol. The zero-order valence-electron chi connectivity index (χ0n) is 42.9. The number of anilines is 1. The first kappa shape index (κ1) is 50.8. The van der Waals surface area contributed by atoms with Gasteiger partial charge in [0.05, 0.1) is 35.2 Å². The number of nitrogens with zero attached hydrogens (tertiary/aromatic N) is 1. The van der Waals surface area contributed by atoms with Crippen molar-refractivity contribution in [2.45, 2.75) is 184 Å². The second kappa shape index (κ2) is 17.0. The summed E-state index contributed by atoms with van der Waals surface area (Å²) in [7, 11) is 2.68. The summed E-state index contributed by atoms with van der Waals surface area (Å²) in [6.07, 6.45) is 13.8. The Morgan fingerprint density at radius 2 is 1.64 bits per heavy atom. The molecule has 5 heterocycles. The van der Waals surface area contributed by atoms with E-state index in [1.54, 1.807) is 18.2 Å². The molecule has 17 atom stereocenters. The van der Waals surface area contributed by atoms with Gasteiger partial charge in [-0.1, -0.05) is 93.5 Å². The molecule has 396 valence electrons. The lowest BCUT2D eigenvalue weighted by Gasteiger charge is -2.74. The quantitative estimate of drug-likeness (QED) is 0.0822. The Morgan fingerprint density at radius 3 is 2.35 bits per heavy atom. The van der Waals surface area contributed by atoms with Gasteiger partial charge in [0, 0.05) is 52.8 Å². The summed E-state index contributed by atoms with van der Waals surface area (Å²) in [5, 5.41) is 101. The van der Waals surface area contributed by atoms with Crippen molar-refractivity contribution in [3.8, 4) is 5.75 Å². The van der Waals surface area contributed by atoms with Crippen LogP contribution in [0.15, 0.2) is 42.0 Å². The molecule has 2 saturated heterocycles. The lowest BCUT2D eigenvalue weighted by atomic mass is 9.31. The topological polar surface area (TPSA) is 212 Å². The van der Waals surface area contributed by atoms with E-state index >= 15 is 9.59 Å². The molecule has 13 aliphatic rings. The van der Waals surface area contributed by atoms with Crippen LogP contribution in [0.3, 0.4) is 0 Å². The molecule has 1 aromatic rings. The van der Waals surface area contributed by atoms with Crippen LogP contribution in [0.1, 0.15) is 142 Å². The van der Waals surface area contributed by atoms with Gasteiger partial charge in [0.15, 0.2) is 5.78 Å². The van der Waals surface area contributed by atoms with E-state index in [4.69, 9.17) is 4.74 Å². The highest BCUT2D eigenvalue weighted by Crippen LogP contribution is 2.81. The van der Waals surface area contributed by atoms with Gasteiger partial charge in [-0.15, -0.1) is 0 Å². The predicted octanol–water partition coefficient (Wildman–Crippen LogP) is 7.40. The Labute approximate surface area is 433 Å². The highest BCUT2D eigenvalue weighted by molar-refractivity contribution is 8.76. The minimum absolute atomic E-state index is 0.0140. The number of rotatable bonds is 5. The number of epoxide rings is 1. The summed E-state index contributed by atoms with van der Waals surface area (Å²) in [6, 6.07) is 5.51. The molecule has 8 bridgehead atoms. The molecule has 8 N–H and O–H groups in total. The summed E-state index contributed by atoms with van der Waals surface area (Å²) in [6.45, 7) is 8.18. The van der Waals surface area contributed by atoms with Crippen molar-refractivity contribution in [3.63, 3.8) is 0 Å². The number of carbonyl (C=O) groups excluding carboxylic acids is 2. The van der Waals surface area contributed by atoms with Crippen molar-refractivity contribution in [1.82, 2.24) is 0 Å². The lowest BCUT2D eigenvalue weighted by Crippen LogP contribution is -2.79. The van der Waals surface area contributed by atoms with Gasteiger partial charge in [-0.25, -0.2) is 0 Å². The summed E-state index contributed by atoms with van der Waals surface area (Å²) in [5.41, 5.74) is -11.0. The maximum atomic E-state index is 16.2. The lowest BCUT2D eigenvalue weighted by molar-refractivity contribution is -0.309. The average molecular weight is 1030 g/mol. The molecule has 0 aromatic heterocycles. The normalized spacial score (nSPS) is 48.2. The molecule has 12 nitrogen and oxygen atoms in total. The zero-order chi connectivity index (χ0) is 50.8. The van der Waals surface area contributed by atoms with Crippen LogP contribution in [0.25, 0.3) is 0 Å². The number of aryl methyl sites for hydroxylation is 1. The second-order valence-electron chi connectivity index (χ2n) is 26.2. The van der Waals surface area contributed by atoms with Crippen molar-refractivity contribution in [2.75, 3.05) is 30.4 Å². The van der Waals surface area contributed by atoms with Crippen molar-refractivity contribution < 1.29 is 55.2 Å². The molecule has 72 heavy (non-hydrogen) atoms. The van der Waals surface area contributed by atoms with Crippen LogP contribution in [0.2, 0.25) is 0 Å². The molecule has 14 heteroatoms. The Hall–Kier alpha value is -1.98. The molecule has 1 aromatic carbocycles. The largest absolute Gasteiger partial charge is 0.508 e. The van der Waals surface area contributed by atoms with E-state index in [0.29, 0.717) is 87.3 Å². The van der Waals surface area contributed by atoms with Crippen LogP contribution in [0, 0.1) is 73.9 Å². The van der Waals surface area contributed by atoms with E-state index in [2.05, 4.69) is 32.9 Å². The number of aromatic hydroxyl groups is 1. The van der Waals surface area contributed by atoms with E-state index < -0.39 is 85.4 Å². The van der Waals surface area contributed by atoms with Crippen LogP contribution >= 0.6 is 21.6 Å². The minimum atomic E-state index is -2.01. The minimum Gasteiger partial charge on any atom is -0.508 e. The van der Waals surface area contributed by atoms with E-state index in [1.165, 1.54) is 21.6 Å². The first-order valence-electron chi connectivity index (χ1n) is 28.0. The molecular weight excluding hydrogens is 951 g/mol. The van der Waals surface area contributed by atoms with Crippen molar-refractivity contribution in [2.24, 2.45) is 73.9 Å². The number of ketones is 1. The highest BCUT2D eigenvalue weighted by atomic mass is 33.1. The summed E-state index contributed by atoms with van der Waals surface area (Å²) in [5.74, 6) is -1.26. The third-order valence-electron chi connectivity index (χ3n) is 24.2. The van der Waals surface area contributed by atoms with Crippen molar-refractivity contribution in [1.29, 1.82) is 0 Å². The van der Waals surface area contributed by atoms with E-state index in [0.717, 1.165) is 50.5 Å². The maximum Gasteiger partial charge on any atom is 0.234 e. The fourth-order valence-corrected chi connectivity index (χ4v) is 23.7. The Balaban J connectivity index is 1.09. The summed E-state index contributed by atoms with van der Waals surface area (Å²) in [4.78, 5) is 34.0. The molecule has 5 spiro atoms. The number of ether oxygens (including phenoxy) is 1. The number of carbonyl (C=O) groups is 2. The standard InChI is InChI=1S/C58H81NO11S2/c1-33(2)34(3)46-47(70-46)55(67)20-10-13-36-25-41-42-27-44(63)54(28-45(64)57(69,32-61)52(50(41,54)4)18-7-8-19-52)49(66)72-71-30-38-12-9-11-37(29-60)58(38)48(65)59(31-51(58)16-5-6-17-51)39-23-35(24-40(62)26-39)14-21-53(36)43(55)15-22-56(42,53)68/h10,13,23-24,26-27,33-34,36-38,41,43,45-47,49,60-62,64,66-69H,5-9,11-12,14-22,25,28-32H2,1-4H3/t34-,36-,37+,38+,41+,43+,45-,46+,47-,49-,50+,53-,54+,55-,56-,57-,58-/m1/s1. The number of aliphatic hydroxyl groups is 7. The van der Waals surface area contributed by atoms with Crippen LogP contribution in [0.4, 0.5) is 5.69 Å². The molecule has 6 saturated carbocycles. The number of phenols is 1. The number of aliphatic hydroxyl groups excluding tert-OH is 4. The van der Waals surface area contributed by atoms with Crippen molar-refractivity contribution in [3.05, 3.63) is 47.6 Å². The van der Waals surface area contributed by atoms with Gasteiger partial charge in [0.25, 0.3) is 0 Å². The fourth-order valence-electron chi connectivity index (χ4n) is 20.7. The van der Waals surface area contributed by atoms with Gasteiger partial charge >= 0.3 is 0 Å². The number of fused-ring (bicyclic) bond motifs is 1. The molecule has 1 amide bonds. The van der Waals surface area contributed by atoms with Crippen LogP contribution in [-0.2, 0) is 20.7 Å². The van der Waals surface area contributed by atoms with Crippen molar-refractivity contribution >= 4 is 39.0 Å². The van der Waals surface area contributed by atoms with Gasteiger partial charge in [0.1, 0.15) is 28.5 Å².